The Hall–Kier alpha value is -2.22. The van der Waals surface area contributed by atoms with Gasteiger partial charge in [0.05, 0.1) is 24.6 Å². The van der Waals surface area contributed by atoms with Crippen molar-refractivity contribution in [3.05, 3.63) is 55.7 Å². The van der Waals surface area contributed by atoms with Crippen molar-refractivity contribution in [2.24, 2.45) is 5.41 Å². The zero-order valence-corrected chi connectivity index (χ0v) is 21.8. The maximum absolute atomic E-state index is 13.0. The highest BCUT2D eigenvalue weighted by Gasteiger charge is 2.18. The van der Waals surface area contributed by atoms with Crippen LogP contribution in [0.5, 0.6) is 0 Å². The van der Waals surface area contributed by atoms with Crippen LogP contribution in [0, 0.1) is 16.7 Å². The molecule has 2 aromatic rings. The first kappa shape index (κ1) is 28.0. The Morgan fingerprint density at radius 1 is 0.853 bits per heavy atom. The lowest BCUT2D eigenvalue weighted by atomic mass is 9.90. The summed E-state index contributed by atoms with van der Waals surface area (Å²) in [5.74, 6) is 1.80. The van der Waals surface area contributed by atoms with E-state index in [1.807, 2.05) is 11.8 Å². The second-order valence-electron chi connectivity index (χ2n) is 8.65. The van der Waals surface area contributed by atoms with Crippen molar-refractivity contribution in [3.8, 4) is 6.07 Å². The molecule has 1 heterocycles. The lowest BCUT2D eigenvalue weighted by Crippen LogP contribution is -2.55. The highest BCUT2D eigenvalue weighted by molar-refractivity contribution is 7.99. The number of nitriles is 1. The Morgan fingerprint density at radius 3 is 1.79 bits per heavy atom. The highest BCUT2D eigenvalue weighted by atomic mass is 32.2. The number of benzene rings is 1. The standard InChI is InChI=1S/C24H34N4O4S2/c1-4-16-33-19-7-9-20(10-8-19)34-17-6-13-27-21(30)26(12-5-11-24(2,3)18-25)22(31)28(14-15-29)23(27)32/h7-10,29H,4-6,11-17H2,1-3H3. The lowest BCUT2D eigenvalue weighted by molar-refractivity contribution is 0.263. The van der Waals surface area contributed by atoms with Gasteiger partial charge in [0.25, 0.3) is 0 Å². The number of thioether (sulfide) groups is 2. The fraction of sp³-hybridized carbons (Fsp3) is 0.583. The second-order valence-corrected chi connectivity index (χ2v) is 11.0. The van der Waals surface area contributed by atoms with Crippen LogP contribution in [-0.2, 0) is 19.6 Å². The van der Waals surface area contributed by atoms with Crippen LogP contribution >= 0.6 is 23.5 Å². The van der Waals surface area contributed by atoms with Crippen LogP contribution in [0.3, 0.4) is 0 Å². The molecular formula is C24H34N4O4S2. The minimum Gasteiger partial charge on any atom is -0.395 e. The van der Waals surface area contributed by atoms with Gasteiger partial charge in [-0.25, -0.2) is 28.1 Å². The monoisotopic (exact) mass is 506 g/mol. The number of aliphatic hydroxyl groups excluding tert-OH is 1. The van der Waals surface area contributed by atoms with E-state index in [1.54, 1.807) is 25.6 Å². The molecule has 10 heteroatoms. The maximum atomic E-state index is 13.0. The summed E-state index contributed by atoms with van der Waals surface area (Å²) >= 11 is 3.48. The number of hydrogen-bond donors (Lipinski definition) is 1. The summed E-state index contributed by atoms with van der Waals surface area (Å²) < 4.78 is 3.04. The van der Waals surface area contributed by atoms with E-state index in [0.717, 1.165) is 30.8 Å². The zero-order chi connectivity index (χ0) is 25.1. The molecule has 0 aliphatic heterocycles. The van der Waals surface area contributed by atoms with Crippen molar-refractivity contribution >= 4 is 23.5 Å². The first-order valence-corrected chi connectivity index (χ1v) is 13.5. The van der Waals surface area contributed by atoms with Gasteiger partial charge >= 0.3 is 17.1 Å². The average molecular weight is 507 g/mol. The molecule has 186 valence electrons. The predicted octanol–water partition coefficient (Wildman–Crippen LogP) is 3.18. The van der Waals surface area contributed by atoms with E-state index in [2.05, 4.69) is 37.3 Å². The van der Waals surface area contributed by atoms with E-state index >= 15 is 0 Å². The molecule has 1 aromatic heterocycles. The largest absolute Gasteiger partial charge is 0.395 e. The molecule has 0 aliphatic carbocycles. The smallest absolute Gasteiger partial charge is 0.336 e. The summed E-state index contributed by atoms with van der Waals surface area (Å²) in [5, 5.41) is 18.5. The molecule has 1 aromatic carbocycles. The first-order chi connectivity index (χ1) is 16.2. The van der Waals surface area contributed by atoms with Gasteiger partial charge in [-0.3, -0.25) is 0 Å². The van der Waals surface area contributed by atoms with E-state index in [0.29, 0.717) is 25.0 Å². The Bertz CT molecular complexity index is 1140. The molecule has 0 radical (unpaired) electrons. The highest BCUT2D eigenvalue weighted by Crippen LogP contribution is 2.24. The van der Waals surface area contributed by atoms with Gasteiger partial charge in [0.15, 0.2) is 0 Å². The number of nitrogens with zero attached hydrogens (tertiary/aromatic N) is 4. The molecule has 0 saturated carbocycles. The topological polar surface area (TPSA) is 110 Å². The maximum Gasteiger partial charge on any atom is 0.336 e. The molecule has 2 rings (SSSR count). The third-order valence-corrected chi connectivity index (χ3v) is 7.60. The number of aromatic nitrogens is 3. The van der Waals surface area contributed by atoms with Gasteiger partial charge in [-0.2, -0.15) is 5.26 Å². The molecule has 0 amide bonds. The Morgan fingerprint density at radius 2 is 1.32 bits per heavy atom. The quantitative estimate of drug-likeness (QED) is 0.309. The molecule has 0 atom stereocenters. The minimum atomic E-state index is -0.717. The molecule has 0 bridgehead atoms. The molecule has 0 spiro atoms. The van der Waals surface area contributed by atoms with E-state index in [4.69, 9.17) is 0 Å². The lowest BCUT2D eigenvalue weighted by Gasteiger charge is -2.16. The average Bonchev–Trinajstić information content (AvgIpc) is 2.82. The van der Waals surface area contributed by atoms with Crippen LogP contribution in [0.25, 0.3) is 0 Å². The van der Waals surface area contributed by atoms with Gasteiger partial charge in [-0.05, 0) is 75.3 Å². The van der Waals surface area contributed by atoms with Crippen LogP contribution in [0.15, 0.2) is 48.4 Å². The molecular weight excluding hydrogens is 472 g/mol. The van der Waals surface area contributed by atoms with E-state index < -0.39 is 22.5 Å². The third-order valence-electron chi connectivity index (χ3n) is 5.29. The summed E-state index contributed by atoms with van der Waals surface area (Å²) in [6.07, 6.45) is 2.67. The normalized spacial score (nSPS) is 11.5. The van der Waals surface area contributed by atoms with Gasteiger partial charge in [-0.1, -0.05) is 6.92 Å². The van der Waals surface area contributed by atoms with E-state index in [9.17, 15) is 24.8 Å². The van der Waals surface area contributed by atoms with E-state index in [-0.39, 0.29) is 26.2 Å². The molecule has 1 N–H and O–H groups in total. The van der Waals surface area contributed by atoms with E-state index in [1.165, 1.54) is 4.90 Å². The fourth-order valence-electron chi connectivity index (χ4n) is 3.36. The van der Waals surface area contributed by atoms with Crippen LogP contribution < -0.4 is 17.1 Å². The van der Waals surface area contributed by atoms with Crippen molar-refractivity contribution < 1.29 is 5.11 Å². The van der Waals surface area contributed by atoms with Gasteiger partial charge in [0, 0.05) is 22.9 Å². The predicted molar refractivity (Wildman–Crippen MR) is 138 cm³/mol. The van der Waals surface area contributed by atoms with Crippen molar-refractivity contribution in [1.82, 2.24) is 13.7 Å². The van der Waals surface area contributed by atoms with Crippen LogP contribution in [0.2, 0.25) is 0 Å². The van der Waals surface area contributed by atoms with Gasteiger partial charge < -0.3 is 5.11 Å². The first-order valence-electron chi connectivity index (χ1n) is 11.6. The van der Waals surface area contributed by atoms with Gasteiger partial charge in [0.2, 0.25) is 0 Å². The Kier molecular flexibility index (Phi) is 11.2. The Labute approximate surface area is 208 Å². The summed E-state index contributed by atoms with van der Waals surface area (Å²) in [4.78, 5) is 40.8. The molecule has 34 heavy (non-hydrogen) atoms. The van der Waals surface area contributed by atoms with Gasteiger partial charge in [-0.15, -0.1) is 23.5 Å². The van der Waals surface area contributed by atoms with Crippen molar-refractivity contribution in [2.75, 3.05) is 18.1 Å². The van der Waals surface area contributed by atoms with Crippen LogP contribution in [0.1, 0.15) is 46.5 Å². The summed E-state index contributed by atoms with van der Waals surface area (Å²) in [6, 6.07) is 10.6. The SMILES string of the molecule is CCCSc1ccc(SCCCn2c(=O)n(CCO)c(=O)n(CCCC(C)(C)C#N)c2=O)cc1. The van der Waals surface area contributed by atoms with Crippen LogP contribution in [-0.4, -0.2) is 36.9 Å². The number of aliphatic hydroxyl groups is 1. The molecule has 0 aliphatic rings. The Balaban J connectivity index is 2.10. The fourth-order valence-corrected chi connectivity index (χ4v) is 4.96. The van der Waals surface area contributed by atoms with Crippen molar-refractivity contribution in [3.63, 3.8) is 0 Å². The number of hydrogen-bond acceptors (Lipinski definition) is 7. The minimum absolute atomic E-state index is 0.117. The van der Waals surface area contributed by atoms with Crippen molar-refractivity contribution in [1.29, 1.82) is 5.26 Å². The molecule has 0 unspecified atom stereocenters. The zero-order valence-electron chi connectivity index (χ0n) is 20.2. The summed E-state index contributed by atoms with van der Waals surface area (Å²) in [5.41, 5.74) is -2.61. The molecule has 0 saturated heterocycles. The molecule has 8 nitrogen and oxygen atoms in total. The number of rotatable bonds is 14. The summed E-state index contributed by atoms with van der Waals surface area (Å²) in [6.45, 7) is 5.51. The summed E-state index contributed by atoms with van der Waals surface area (Å²) in [7, 11) is 0. The van der Waals surface area contributed by atoms with Crippen LogP contribution in [0.4, 0.5) is 0 Å². The van der Waals surface area contributed by atoms with Crippen molar-refractivity contribution in [2.45, 2.75) is 75.9 Å². The molecule has 0 fully saturated rings. The third kappa shape index (κ3) is 7.93. The van der Waals surface area contributed by atoms with Gasteiger partial charge in [0.1, 0.15) is 0 Å². The second kappa shape index (κ2) is 13.6.